The summed E-state index contributed by atoms with van der Waals surface area (Å²) in [4.78, 5) is 26.2. The second kappa shape index (κ2) is 14.5. The van der Waals surface area contributed by atoms with E-state index in [4.69, 9.17) is 9.84 Å². The summed E-state index contributed by atoms with van der Waals surface area (Å²) >= 11 is 7.43. The lowest BCUT2D eigenvalue weighted by Gasteiger charge is -2.38. The standard InChI is InChI=1S/C20H24Br2F3NO2.C15H16F3NO2/c1-17(2,3)28-16(27)26-10-8-14(9-11-26)18(12-19(18,21)22)13-4-6-15(7-5-13)20(23,24)25;1-10(12-6-8-19(9-7-12)14(20)21)11-2-4-13(5-3-11)15(16,17)18/h4-7,14H,8-12H2,1-3H3;2-5,12H,1,6-9H2,(H,20,21). The fourth-order valence-electron chi connectivity index (χ4n) is 6.66. The molecule has 14 heteroatoms. The molecule has 2 aromatic rings. The van der Waals surface area contributed by atoms with E-state index in [-0.39, 0.29) is 26.6 Å². The molecule has 0 bridgehead atoms. The van der Waals surface area contributed by atoms with E-state index in [1.54, 1.807) is 17.0 Å². The molecule has 0 spiro atoms. The maximum atomic E-state index is 12.9. The monoisotopic (exact) mass is 824 g/mol. The lowest BCUT2D eigenvalue weighted by Crippen LogP contribution is -2.44. The van der Waals surface area contributed by atoms with Crippen molar-refractivity contribution in [1.29, 1.82) is 0 Å². The van der Waals surface area contributed by atoms with E-state index in [0.717, 1.165) is 54.7 Å². The largest absolute Gasteiger partial charge is 0.465 e. The molecule has 1 aliphatic carbocycles. The molecule has 1 saturated carbocycles. The molecule has 0 radical (unpaired) electrons. The van der Waals surface area contributed by atoms with Gasteiger partial charge in [0, 0.05) is 31.6 Å². The van der Waals surface area contributed by atoms with Crippen molar-refractivity contribution in [2.75, 3.05) is 26.2 Å². The number of benzene rings is 2. The summed E-state index contributed by atoms with van der Waals surface area (Å²) in [5, 5.41) is 8.88. The Morgan fingerprint density at radius 1 is 0.796 bits per heavy atom. The highest BCUT2D eigenvalue weighted by atomic mass is 79.9. The number of carbonyl (C=O) groups is 2. The van der Waals surface area contributed by atoms with Gasteiger partial charge in [0.15, 0.2) is 0 Å². The Morgan fingerprint density at radius 3 is 1.61 bits per heavy atom. The normalized spacial score (nSPS) is 21.8. The molecular formula is C35H40Br2F6N2O4. The number of hydrogen-bond donors (Lipinski definition) is 1. The fourth-order valence-corrected chi connectivity index (χ4v) is 8.65. The van der Waals surface area contributed by atoms with E-state index in [1.165, 1.54) is 17.0 Å². The topological polar surface area (TPSA) is 70.1 Å². The maximum Gasteiger partial charge on any atom is 0.416 e. The molecular weight excluding hydrogens is 786 g/mol. The van der Waals surface area contributed by atoms with E-state index in [9.17, 15) is 35.9 Å². The van der Waals surface area contributed by atoms with Crippen LogP contribution < -0.4 is 0 Å². The van der Waals surface area contributed by atoms with Crippen molar-refractivity contribution in [2.45, 2.75) is 79.5 Å². The molecule has 1 N–H and O–H groups in total. The molecule has 2 amide bonds. The number of halogens is 8. The van der Waals surface area contributed by atoms with Crippen LogP contribution in [0.3, 0.4) is 0 Å². The van der Waals surface area contributed by atoms with Gasteiger partial charge in [0.1, 0.15) is 5.60 Å². The van der Waals surface area contributed by atoms with Crippen LogP contribution in [0.1, 0.15) is 75.1 Å². The van der Waals surface area contributed by atoms with Crippen LogP contribution in [0, 0.1) is 11.8 Å². The highest BCUT2D eigenvalue weighted by molar-refractivity contribution is 9.25. The summed E-state index contributed by atoms with van der Waals surface area (Å²) < 4.78 is 81.4. The zero-order valence-corrected chi connectivity index (χ0v) is 30.6. The van der Waals surface area contributed by atoms with Crippen LogP contribution in [-0.4, -0.2) is 62.1 Å². The summed E-state index contributed by atoms with van der Waals surface area (Å²) in [6.45, 7) is 11.5. The van der Waals surface area contributed by atoms with Crippen molar-refractivity contribution in [3.63, 3.8) is 0 Å². The van der Waals surface area contributed by atoms with E-state index >= 15 is 0 Å². The number of ether oxygens (including phenoxy) is 1. The minimum Gasteiger partial charge on any atom is -0.465 e. The Balaban J connectivity index is 0.000000230. The van der Waals surface area contributed by atoms with Crippen molar-refractivity contribution in [3.8, 4) is 0 Å². The van der Waals surface area contributed by atoms with Crippen LogP contribution in [0.5, 0.6) is 0 Å². The number of piperidine rings is 2. The van der Waals surface area contributed by atoms with Gasteiger partial charge in [-0.2, -0.15) is 26.3 Å². The zero-order chi connectivity index (χ0) is 36.6. The highest BCUT2D eigenvalue weighted by Crippen LogP contribution is 2.72. The minimum absolute atomic E-state index is 0.109. The molecule has 0 aromatic heterocycles. The number of carbonyl (C=O) groups excluding carboxylic acids is 1. The SMILES string of the molecule is C=C(c1ccc(C(F)(F)F)cc1)C1CCN(C(=O)O)CC1.CC(C)(C)OC(=O)N1CCC(C2(c3ccc(C(F)(F)F)cc3)CC2(Br)Br)CC1. The number of hydrogen-bond acceptors (Lipinski definition) is 3. The van der Waals surface area contributed by atoms with Gasteiger partial charge in [0.2, 0.25) is 0 Å². The zero-order valence-electron chi connectivity index (χ0n) is 27.4. The fraction of sp³-hybridized carbons (Fsp3) is 0.543. The first-order valence-electron chi connectivity index (χ1n) is 15.9. The molecule has 270 valence electrons. The minimum atomic E-state index is -4.34. The molecule has 1 unspecified atom stereocenters. The molecule has 3 aliphatic rings. The average molecular weight is 827 g/mol. The predicted molar refractivity (Wildman–Crippen MR) is 182 cm³/mol. The van der Waals surface area contributed by atoms with Crippen molar-refractivity contribution in [3.05, 3.63) is 77.4 Å². The van der Waals surface area contributed by atoms with Crippen LogP contribution in [0.2, 0.25) is 0 Å². The third-order valence-corrected chi connectivity index (χ3v) is 11.4. The first kappa shape index (κ1) is 39.1. The van der Waals surface area contributed by atoms with Gasteiger partial charge >= 0.3 is 24.5 Å². The predicted octanol–water partition coefficient (Wildman–Crippen LogP) is 10.6. The van der Waals surface area contributed by atoms with Crippen molar-refractivity contribution in [1.82, 2.24) is 9.80 Å². The van der Waals surface area contributed by atoms with Gasteiger partial charge in [-0.25, -0.2) is 9.59 Å². The quantitative estimate of drug-likeness (QED) is 0.246. The number of alkyl halides is 8. The number of rotatable bonds is 4. The highest BCUT2D eigenvalue weighted by Gasteiger charge is 2.69. The van der Waals surface area contributed by atoms with Crippen LogP contribution in [0.25, 0.3) is 5.57 Å². The Bertz CT molecular complexity index is 1490. The summed E-state index contributed by atoms with van der Waals surface area (Å²) in [6, 6.07) is 10.4. The van der Waals surface area contributed by atoms with Crippen molar-refractivity contribution < 1.29 is 45.8 Å². The smallest absolute Gasteiger partial charge is 0.416 e. The van der Waals surface area contributed by atoms with E-state index in [2.05, 4.69) is 38.4 Å². The Hall–Kier alpha value is -2.74. The lowest BCUT2D eigenvalue weighted by atomic mass is 9.77. The van der Waals surface area contributed by atoms with Crippen LogP contribution in [0.4, 0.5) is 35.9 Å². The molecule has 2 saturated heterocycles. The van der Waals surface area contributed by atoms with Gasteiger partial charge < -0.3 is 19.6 Å². The van der Waals surface area contributed by atoms with Gasteiger partial charge in [0.05, 0.1) is 14.4 Å². The third-order valence-electron chi connectivity index (χ3n) is 9.44. The number of likely N-dealkylation sites (tertiary alicyclic amines) is 2. The van der Waals surface area contributed by atoms with Crippen molar-refractivity contribution >= 4 is 49.6 Å². The lowest BCUT2D eigenvalue weighted by molar-refractivity contribution is -0.138. The number of allylic oxidation sites excluding steroid dienone is 1. The van der Waals surface area contributed by atoms with E-state index in [0.29, 0.717) is 44.6 Å². The second-order valence-corrected chi connectivity index (χ2v) is 17.6. The summed E-state index contributed by atoms with van der Waals surface area (Å²) in [6.07, 6.45) is -6.29. The van der Waals surface area contributed by atoms with E-state index in [1.807, 2.05) is 20.8 Å². The van der Waals surface area contributed by atoms with Gasteiger partial charge in [-0.3, -0.25) is 0 Å². The summed E-state index contributed by atoms with van der Waals surface area (Å²) in [5.74, 6) is 0.360. The third kappa shape index (κ3) is 9.33. The van der Waals surface area contributed by atoms with Gasteiger partial charge in [-0.15, -0.1) is 0 Å². The molecule has 2 heterocycles. The number of carboxylic acid groups (broad SMARTS) is 1. The summed E-state index contributed by atoms with van der Waals surface area (Å²) in [5.41, 5.74) is 0.209. The van der Waals surface area contributed by atoms with Gasteiger partial charge in [-0.1, -0.05) is 62.7 Å². The maximum absolute atomic E-state index is 12.9. The average Bonchev–Trinajstić information content (AvgIpc) is 3.62. The van der Waals surface area contributed by atoms with Crippen LogP contribution in [0.15, 0.2) is 55.1 Å². The molecule has 2 aromatic carbocycles. The Kier molecular flexibility index (Phi) is 11.5. The van der Waals surface area contributed by atoms with Crippen LogP contribution in [-0.2, 0) is 22.5 Å². The van der Waals surface area contributed by atoms with E-state index < -0.39 is 35.2 Å². The molecule has 1 atom stereocenters. The number of nitrogens with zero attached hydrogens (tertiary/aromatic N) is 2. The first-order chi connectivity index (χ1) is 22.5. The molecule has 3 fully saturated rings. The molecule has 49 heavy (non-hydrogen) atoms. The molecule has 2 aliphatic heterocycles. The van der Waals surface area contributed by atoms with Gasteiger partial charge in [0.25, 0.3) is 0 Å². The Morgan fingerprint density at radius 2 is 1.22 bits per heavy atom. The molecule has 6 nitrogen and oxygen atoms in total. The van der Waals surface area contributed by atoms with Gasteiger partial charge in [-0.05, 0) is 106 Å². The van der Waals surface area contributed by atoms with Crippen molar-refractivity contribution in [2.24, 2.45) is 11.8 Å². The molecule has 5 rings (SSSR count). The van der Waals surface area contributed by atoms with Crippen LogP contribution >= 0.6 is 31.9 Å². The summed E-state index contributed by atoms with van der Waals surface area (Å²) in [7, 11) is 0. The second-order valence-electron chi connectivity index (χ2n) is 13.8. The number of amides is 2. The Labute approximate surface area is 299 Å². The first-order valence-corrected chi connectivity index (χ1v) is 17.5.